The van der Waals surface area contributed by atoms with Crippen molar-refractivity contribution in [2.24, 2.45) is 0 Å². The lowest BCUT2D eigenvalue weighted by Gasteiger charge is -2.09. The largest absolute Gasteiger partial charge is 0.495 e. The molecule has 0 bridgehead atoms. The Labute approximate surface area is 128 Å². The van der Waals surface area contributed by atoms with E-state index in [0.717, 1.165) is 22.3 Å². The number of methoxy groups -OCH3 is 1. The molecular weight excluding hydrogens is 278 g/mol. The number of aromatic nitrogens is 2. The summed E-state index contributed by atoms with van der Waals surface area (Å²) in [6.07, 6.45) is 3.61. The number of hydrogen-bond donors (Lipinski definition) is 1. The van der Waals surface area contributed by atoms with Gasteiger partial charge in [0.1, 0.15) is 12.3 Å². The van der Waals surface area contributed by atoms with Gasteiger partial charge in [0.15, 0.2) is 0 Å². The van der Waals surface area contributed by atoms with E-state index in [1.807, 2.05) is 53.2 Å². The molecule has 22 heavy (non-hydrogen) atoms. The molecule has 2 aromatic heterocycles. The number of hydrogen-bond acceptors (Lipinski definition) is 3. The second-order valence-electron chi connectivity index (χ2n) is 4.94. The van der Waals surface area contributed by atoms with Crippen LogP contribution in [0.3, 0.4) is 0 Å². The highest BCUT2D eigenvalue weighted by atomic mass is 16.5. The topological polar surface area (TPSA) is 56.1 Å². The minimum Gasteiger partial charge on any atom is -0.495 e. The number of rotatable bonds is 5. The number of benzene rings is 1. The minimum absolute atomic E-state index is 0.0611. The Hall–Kier alpha value is -2.82. The maximum Gasteiger partial charge on any atom is 0.240 e. The number of nitrogens with zero attached hydrogens (tertiary/aromatic N) is 2. The van der Waals surface area contributed by atoms with Crippen LogP contribution in [0.1, 0.15) is 5.69 Å². The second kappa shape index (κ2) is 6.30. The molecule has 0 radical (unpaired) electrons. The molecule has 112 valence electrons. The van der Waals surface area contributed by atoms with E-state index >= 15 is 0 Å². The van der Waals surface area contributed by atoms with Crippen molar-refractivity contribution in [3.05, 3.63) is 60.6 Å². The molecule has 0 unspecified atom stereocenters. The fourth-order valence-electron chi connectivity index (χ4n) is 2.42. The van der Waals surface area contributed by atoms with Gasteiger partial charge in [-0.2, -0.15) is 0 Å². The molecule has 0 aliphatic carbocycles. The second-order valence-corrected chi connectivity index (χ2v) is 4.94. The predicted octanol–water partition coefficient (Wildman–Crippen LogP) is 2.36. The lowest BCUT2D eigenvalue weighted by molar-refractivity contribution is -0.121. The van der Waals surface area contributed by atoms with Crippen molar-refractivity contribution in [3.63, 3.8) is 0 Å². The summed E-state index contributed by atoms with van der Waals surface area (Å²) in [7, 11) is 1.63. The molecule has 0 saturated heterocycles. The van der Waals surface area contributed by atoms with Gasteiger partial charge in [-0.1, -0.05) is 18.2 Å². The van der Waals surface area contributed by atoms with Gasteiger partial charge in [-0.05, 0) is 24.3 Å². The first-order valence-corrected chi connectivity index (χ1v) is 7.06. The van der Waals surface area contributed by atoms with E-state index in [4.69, 9.17) is 4.74 Å². The molecule has 2 heterocycles. The van der Waals surface area contributed by atoms with Crippen LogP contribution < -0.4 is 10.1 Å². The Bertz CT molecular complexity index is 781. The summed E-state index contributed by atoms with van der Waals surface area (Å²) in [5.41, 5.74) is 1.77. The van der Waals surface area contributed by atoms with Crippen LogP contribution in [0.5, 0.6) is 5.75 Å². The number of carbonyl (C=O) groups excluding carboxylic acids is 1. The summed E-state index contributed by atoms with van der Waals surface area (Å²) in [5, 5.41) is 3.93. The standard InChI is InChI=1S/C17H17N3O2/c1-22-15-7-4-5-13-8-10-20(17(13)15)12-16(21)19-11-14-6-2-3-9-18-14/h2-10H,11-12H2,1H3,(H,19,21). The molecule has 3 aromatic rings. The molecule has 1 aromatic carbocycles. The van der Waals surface area contributed by atoms with Gasteiger partial charge in [0.05, 0.1) is 24.9 Å². The average molecular weight is 295 g/mol. The van der Waals surface area contributed by atoms with Gasteiger partial charge in [0.25, 0.3) is 0 Å². The number of nitrogens with one attached hydrogen (secondary N) is 1. The summed E-state index contributed by atoms with van der Waals surface area (Å²) in [4.78, 5) is 16.3. The third kappa shape index (κ3) is 2.93. The van der Waals surface area contributed by atoms with Gasteiger partial charge in [-0.25, -0.2) is 0 Å². The molecule has 0 aliphatic rings. The van der Waals surface area contributed by atoms with Crippen LogP contribution in [0.15, 0.2) is 54.9 Å². The van der Waals surface area contributed by atoms with E-state index in [9.17, 15) is 4.79 Å². The van der Waals surface area contributed by atoms with Crippen molar-refractivity contribution in [1.29, 1.82) is 0 Å². The fourth-order valence-corrected chi connectivity index (χ4v) is 2.42. The van der Waals surface area contributed by atoms with Gasteiger partial charge < -0.3 is 14.6 Å². The maximum atomic E-state index is 12.1. The maximum absolute atomic E-state index is 12.1. The van der Waals surface area contributed by atoms with Gasteiger partial charge in [0.2, 0.25) is 5.91 Å². The van der Waals surface area contributed by atoms with Crippen LogP contribution >= 0.6 is 0 Å². The van der Waals surface area contributed by atoms with Crippen molar-refractivity contribution >= 4 is 16.8 Å². The van der Waals surface area contributed by atoms with Crippen molar-refractivity contribution in [1.82, 2.24) is 14.9 Å². The van der Waals surface area contributed by atoms with Crippen molar-refractivity contribution < 1.29 is 9.53 Å². The monoisotopic (exact) mass is 295 g/mol. The third-order valence-electron chi connectivity index (χ3n) is 3.48. The van der Waals surface area contributed by atoms with Gasteiger partial charge >= 0.3 is 0 Å². The van der Waals surface area contributed by atoms with Gasteiger partial charge in [-0.15, -0.1) is 0 Å². The normalized spacial score (nSPS) is 10.6. The molecule has 3 rings (SSSR count). The highest BCUT2D eigenvalue weighted by molar-refractivity contribution is 5.87. The molecule has 0 saturated carbocycles. The van der Waals surface area contributed by atoms with Gasteiger partial charge in [0, 0.05) is 17.8 Å². The summed E-state index contributed by atoms with van der Waals surface area (Å²) in [6.45, 7) is 0.673. The first-order chi connectivity index (χ1) is 10.8. The molecule has 0 spiro atoms. The van der Waals surface area contributed by atoms with E-state index < -0.39 is 0 Å². The SMILES string of the molecule is COc1cccc2ccn(CC(=O)NCc3ccccn3)c12. The van der Waals surface area contributed by atoms with Crippen molar-refractivity contribution in [2.45, 2.75) is 13.1 Å². The minimum atomic E-state index is -0.0611. The number of fused-ring (bicyclic) bond motifs is 1. The number of carbonyl (C=O) groups is 1. The van der Waals surface area contributed by atoms with E-state index in [0.29, 0.717) is 6.54 Å². The first-order valence-electron chi connectivity index (χ1n) is 7.06. The molecule has 1 amide bonds. The van der Waals surface area contributed by atoms with E-state index in [-0.39, 0.29) is 12.5 Å². The van der Waals surface area contributed by atoms with Crippen molar-refractivity contribution in [3.8, 4) is 5.75 Å². The molecule has 5 heteroatoms. The van der Waals surface area contributed by atoms with Crippen LogP contribution in [0.25, 0.3) is 10.9 Å². The van der Waals surface area contributed by atoms with E-state index in [1.54, 1.807) is 13.3 Å². The Balaban J connectivity index is 1.72. The fraction of sp³-hybridized carbons (Fsp3) is 0.176. The average Bonchev–Trinajstić information content (AvgIpc) is 2.97. The highest BCUT2D eigenvalue weighted by Crippen LogP contribution is 2.26. The van der Waals surface area contributed by atoms with Crippen LogP contribution in [-0.4, -0.2) is 22.6 Å². The Morgan fingerprint density at radius 2 is 2.14 bits per heavy atom. The number of pyridine rings is 1. The summed E-state index contributed by atoms with van der Waals surface area (Å²) in [5.74, 6) is 0.703. The van der Waals surface area contributed by atoms with E-state index in [1.165, 1.54) is 0 Å². The van der Waals surface area contributed by atoms with E-state index in [2.05, 4.69) is 10.3 Å². The Morgan fingerprint density at radius 3 is 2.91 bits per heavy atom. The summed E-state index contributed by atoms with van der Waals surface area (Å²) < 4.78 is 7.27. The van der Waals surface area contributed by atoms with Crippen LogP contribution in [-0.2, 0) is 17.9 Å². The van der Waals surface area contributed by atoms with Gasteiger partial charge in [-0.3, -0.25) is 9.78 Å². The van der Waals surface area contributed by atoms with Crippen LogP contribution in [0.4, 0.5) is 0 Å². The molecule has 0 fully saturated rings. The quantitative estimate of drug-likeness (QED) is 0.786. The lowest BCUT2D eigenvalue weighted by atomic mass is 10.2. The first kappa shape index (κ1) is 14.1. The zero-order valence-electron chi connectivity index (χ0n) is 12.3. The van der Waals surface area contributed by atoms with Crippen molar-refractivity contribution in [2.75, 3.05) is 7.11 Å². The number of ether oxygens (including phenoxy) is 1. The Morgan fingerprint density at radius 1 is 1.23 bits per heavy atom. The Kier molecular flexibility index (Phi) is 4.05. The zero-order valence-corrected chi connectivity index (χ0v) is 12.3. The molecule has 5 nitrogen and oxygen atoms in total. The smallest absolute Gasteiger partial charge is 0.240 e. The molecule has 0 aliphatic heterocycles. The molecular formula is C17H17N3O2. The molecule has 1 N–H and O–H groups in total. The zero-order chi connectivity index (χ0) is 15.4. The third-order valence-corrected chi connectivity index (χ3v) is 3.48. The highest BCUT2D eigenvalue weighted by Gasteiger charge is 2.10. The lowest BCUT2D eigenvalue weighted by Crippen LogP contribution is -2.27. The number of amides is 1. The van der Waals surface area contributed by atoms with Crippen LogP contribution in [0, 0.1) is 0 Å². The molecule has 0 atom stereocenters. The number of para-hydroxylation sites is 1. The predicted molar refractivity (Wildman–Crippen MR) is 84.6 cm³/mol. The van der Waals surface area contributed by atoms with Crippen LogP contribution in [0.2, 0.25) is 0 Å². The summed E-state index contributed by atoms with van der Waals surface area (Å²) >= 11 is 0. The summed E-state index contributed by atoms with van der Waals surface area (Å²) in [6, 6.07) is 13.4.